The standard InChI is InChI=1S/C33H52N6O5/c1-32(2,3)43-30(41)38-17-11-25(36-21-38)19-27(23-7-13-34-14-8-23)29(40)28(24-9-15-35-16-10-24)20-26-12-18-39(22-37-26)31(42)44-33(4,5)6/h11-12,17-18,23-24,27-28,34-35H,7-10,13-16,19-22H2,1-6H3. The predicted molar refractivity (Wildman–Crippen MR) is 171 cm³/mol. The lowest BCUT2D eigenvalue weighted by molar-refractivity contribution is -0.130. The molecule has 0 bridgehead atoms. The number of carbonyl (C=O) groups excluding carboxylic acids is 3. The van der Waals surface area contributed by atoms with Gasteiger partial charge in [-0.25, -0.2) is 9.59 Å². The number of amides is 2. The summed E-state index contributed by atoms with van der Waals surface area (Å²) in [4.78, 5) is 52.1. The summed E-state index contributed by atoms with van der Waals surface area (Å²) in [5.74, 6) is 0.485. The van der Waals surface area contributed by atoms with Crippen LogP contribution in [0.2, 0.25) is 0 Å². The molecule has 244 valence electrons. The van der Waals surface area contributed by atoms with E-state index >= 15 is 0 Å². The fourth-order valence-corrected chi connectivity index (χ4v) is 6.25. The second kappa shape index (κ2) is 14.8. The van der Waals surface area contributed by atoms with E-state index in [1.165, 1.54) is 9.80 Å². The highest BCUT2D eigenvalue weighted by molar-refractivity contribution is 6.02. The molecule has 2 unspecified atom stereocenters. The van der Waals surface area contributed by atoms with Crippen molar-refractivity contribution in [2.24, 2.45) is 33.7 Å². The Bertz CT molecular complexity index is 1060. The molecule has 0 aromatic heterocycles. The summed E-state index contributed by atoms with van der Waals surface area (Å²) < 4.78 is 11.0. The maximum atomic E-state index is 14.7. The van der Waals surface area contributed by atoms with E-state index < -0.39 is 23.4 Å². The van der Waals surface area contributed by atoms with E-state index in [2.05, 4.69) is 10.6 Å². The average Bonchev–Trinajstić information content (AvgIpc) is 2.98. The van der Waals surface area contributed by atoms with Crippen LogP contribution in [0.1, 0.15) is 80.1 Å². The van der Waals surface area contributed by atoms with Crippen LogP contribution in [0, 0.1) is 23.7 Å². The van der Waals surface area contributed by atoms with E-state index in [9.17, 15) is 14.4 Å². The quantitative estimate of drug-likeness (QED) is 0.400. The minimum Gasteiger partial charge on any atom is -0.443 e. The van der Waals surface area contributed by atoms with Crippen LogP contribution in [0.25, 0.3) is 0 Å². The minimum absolute atomic E-state index is 0.167. The minimum atomic E-state index is -0.586. The molecule has 0 aliphatic carbocycles. The predicted octanol–water partition coefficient (Wildman–Crippen LogP) is 4.89. The van der Waals surface area contributed by atoms with E-state index in [1.807, 2.05) is 53.7 Å². The van der Waals surface area contributed by atoms with Crippen LogP contribution >= 0.6 is 0 Å². The summed E-state index contributed by atoms with van der Waals surface area (Å²) in [6.07, 6.45) is 11.2. The van der Waals surface area contributed by atoms with Crippen molar-refractivity contribution in [3.05, 3.63) is 24.6 Å². The molecule has 2 N–H and O–H groups in total. The first kappa shape index (κ1) is 33.8. The number of piperidine rings is 2. The van der Waals surface area contributed by atoms with Crippen molar-refractivity contribution < 1.29 is 23.9 Å². The molecule has 2 fully saturated rings. The summed E-state index contributed by atoms with van der Waals surface area (Å²) in [5, 5.41) is 6.88. The van der Waals surface area contributed by atoms with Crippen LogP contribution in [0.5, 0.6) is 0 Å². The van der Waals surface area contributed by atoms with Gasteiger partial charge in [-0.1, -0.05) is 0 Å². The smallest absolute Gasteiger partial charge is 0.415 e. The monoisotopic (exact) mass is 612 g/mol. The van der Waals surface area contributed by atoms with Crippen molar-refractivity contribution in [1.29, 1.82) is 0 Å². The number of carbonyl (C=O) groups is 3. The second-order valence-electron chi connectivity index (χ2n) is 14.3. The molecule has 0 aromatic carbocycles. The first-order chi connectivity index (χ1) is 20.8. The van der Waals surface area contributed by atoms with Gasteiger partial charge in [0.2, 0.25) is 0 Å². The van der Waals surface area contributed by atoms with Crippen LogP contribution in [0.15, 0.2) is 34.5 Å². The zero-order chi connectivity index (χ0) is 31.9. The Kier molecular flexibility index (Phi) is 11.4. The van der Waals surface area contributed by atoms with Crippen LogP contribution in [0.3, 0.4) is 0 Å². The number of hydrogen-bond acceptors (Lipinski definition) is 9. The number of ketones is 1. The number of ether oxygens (including phenoxy) is 2. The van der Waals surface area contributed by atoms with Gasteiger partial charge >= 0.3 is 12.2 Å². The Morgan fingerprint density at radius 3 is 1.39 bits per heavy atom. The number of allylic oxidation sites excluding steroid dienone is 2. The van der Waals surface area contributed by atoms with E-state index in [1.54, 1.807) is 12.4 Å². The molecule has 4 rings (SSSR count). The molecule has 4 heterocycles. The maximum Gasteiger partial charge on any atom is 0.415 e. The SMILES string of the molecule is CC(C)(C)OC(=O)N1C=CC(CC(C(=O)C(CC2=NCN(C(=O)OC(C)(C)C)C=C2)C2CCNCC2)C2CCNCC2)=NC1. The molecular weight excluding hydrogens is 560 g/mol. The van der Waals surface area contributed by atoms with Crippen LogP contribution in [-0.2, 0) is 14.3 Å². The lowest BCUT2D eigenvalue weighted by Gasteiger charge is -2.36. The Balaban J connectivity index is 1.49. The van der Waals surface area contributed by atoms with Gasteiger partial charge in [0.15, 0.2) is 0 Å². The van der Waals surface area contributed by atoms with Crippen molar-refractivity contribution in [3.8, 4) is 0 Å². The fourth-order valence-electron chi connectivity index (χ4n) is 6.25. The number of Topliss-reactive ketones (excluding diaryl/α,β-unsaturated/α-hetero) is 1. The zero-order valence-electron chi connectivity index (χ0n) is 27.4. The number of hydrogen-bond donors (Lipinski definition) is 2. The molecule has 0 saturated carbocycles. The number of nitrogens with zero attached hydrogens (tertiary/aromatic N) is 4. The number of rotatable bonds is 8. The van der Waals surface area contributed by atoms with E-state index in [4.69, 9.17) is 19.5 Å². The highest BCUT2D eigenvalue weighted by atomic mass is 16.6. The van der Waals surface area contributed by atoms with Gasteiger partial charge in [-0.15, -0.1) is 0 Å². The molecule has 2 amide bonds. The molecular formula is C33H52N6O5. The van der Waals surface area contributed by atoms with Gasteiger partial charge in [-0.05, 0) is 130 Å². The first-order valence-electron chi connectivity index (χ1n) is 16.2. The maximum absolute atomic E-state index is 14.7. The van der Waals surface area contributed by atoms with Gasteiger partial charge in [0.05, 0.1) is 0 Å². The molecule has 0 aromatic rings. The molecule has 11 heteroatoms. The molecule has 4 aliphatic heterocycles. The molecule has 44 heavy (non-hydrogen) atoms. The highest BCUT2D eigenvalue weighted by Crippen LogP contribution is 2.35. The Morgan fingerprint density at radius 1 is 0.727 bits per heavy atom. The van der Waals surface area contributed by atoms with E-state index in [-0.39, 0.29) is 37.0 Å². The topological polar surface area (TPSA) is 125 Å². The third kappa shape index (κ3) is 9.99. The summed E-state index contributed by atoms with van der Waals surface area (Å²) in [6.45, 7) is 15.0. The molecule has 0 radical (unpaired) electrons. The fraction of sp³-hybridized carbons (Fsp3) is 0.727. The van der Waals surface area contributed by atoms with Crippen LogP contribution < -0.4 is 10.6 Å². The van der Waals surface area contributed by atoms with Crippen molar-refractivity contribution >= 4 is 29.4 Å². The molecule has 2 saturated heterocycles. The van der Waals surface area contributed by atoms with Gasteiger partial charge in [-0.2, -0.15) is 0 Å². The number of aliphatic imine (C=N–C) groups is 2. The van der Waals surface area contributed by atoms with Gasteiger partial charge in [0.25, 0.3) is 0 Å². The van der Waals surface area contributed by atoms with Crippen molar-refractivity contribution in [1.82, 2.24) is 20.4 Å². The third-order valence-electron chi connectivity index (χ3n) is 8.50. The van der Waals surface area contributed by atoms with Crippen LogP contribution in [-0.4, -0.2) is 89.9 Å². The van der Waals surface area contributed by atoms with Gasteiger partial charge < -0.3 is 20.1 Å². The summed E-state index contributed by atoms with van der Waals surface area (Å²) in [6, 6.07) is 0. The van der Waals surface area contributed by atoms with Crippen molar-refractivity contribution in [2.45, 2.75) is 91.3 Å². The summed E-state index contributed by atoms with van der Waals surface area (Å²) in [5.41, 5.74) is 0.510. The highest BCUT2D eigenvalue weighted by Gasteiger charge is 2.39. The lowest BCUT2D eigenvalue weighted by Crippen LogP contribution is -2.43. The molecule has 11 nitrogen and oxygen atoms in total. The van der Waals surface area contributed by atoms with E-state index in [0.717, 1.165) is 63.3 Å². The van der Waals surface area contributed by atoms with Gasteiger partial charge in [0, 0.05) is 35.7 Å². The first-order valence-corrected chi connectivity index (χ1v) is 16.2. The zero-order valence-corrected chi connectivity index (χ0v) is 27.4. The molecule has 0 spiro atoms. The largest absolute Gasteiger partial charge is 0.443 e. The van der Waals surface area contributed by atoms with Crippen molar-refractivity contribution in [2.75, 3.05) is 39.5 Å². The molecule has 4 aliphatic rings. The van der Waals surface area contributed by atoms with Gasteiger partial charge in [-0.3, -0.25) is 24.6 Å². The summed E-state index contributed by atoms with van der Waals surface area (Å²) >= 11 is 0. The molecule has 2 atom stereocenters. The van der Waals surface area contributed by atoms with Crippen molar-refractivity contribution in [3.63, 3.8) is 0 Å². The normalized spacial score (nSPS) is 21.8. The second-order valence-corrected chi connectivity index (χ2v) is 14.3. The Hall–Kier alpha value is -3.05. The van der Waals surface area contributed by atoms with Gasteiger partial charge in [0.1, 0.15) is 30.3 Å². The lowest BCUT2D eigenvalue weighted by atomic mass is 9.70. The third-order valence-corrected chi connectivity index (χ3v) is 8.50. The summed E-state index contributed by atoms with van der Waals surface area (Å²) in [7, 11) is 0. The average molecular weight is 613 g/mol. The van der Waals surface area contributed by atoms with E-state index in [0.29, 0.717) is 18.6 Å². The Labute approximate surface area is 262 Å². The van der Waals surface area contributed by atoms with Crippen LogP contribution in [0.4, 0.5) is 9.59 Å². The number of nitrogens with one attached hydrogen (secondary N) is 2. The Morgan fingerprint density at radius 2 is 1.09 bits per heavy atom.